The van der Waals surface area contributed by atoms with Crippen LogP contribution in [-0.2, 0) is 13.0 Å². The lowest BCUT2D eigenvalue weighted by Crippen LogP contribution is -2.18. The maximum absolute atomic E-state index is 11.5. The van der Waals surface area contributed by atoms with Crippen LogP contribution in [0.4, 0.5) is 0 Å². The third kappa shape index (κ3) is 2.83. The van der Waals surface area contributed by atoms with Crippen LogP contribution in [0.15, 0.2) is 57.9 Å². The van der Waals surface area contributed by atoms with Crippen molar-refractivity contribution in [3.8, 4) is 0 Å². The van der Waals surface area contributed by atoms with E-state index in [4.69, 9.17) is 0 Å². The monoisotopic (exact) mass is 277 g/mol. The minimum Gasteiger partial charge on any atom is -0.315 e. The zero-order valence-corrected chi connectivity index (χ0v) is 10.4. The van der Waals surface area contributed by atoms with Gasteiger partial charge in [-0.25, -0.2) is 0 Å². The Hall–Kier alpha value is -1.35. The van der Waals surface area contributed by atoms with Gasteiger partial charge in [-0.2, -0.15) is 0 Å². The Balaban J connectivity index is 2.08. The fourth-order valence-electron chi connectivity index (χ4n) is 1.59. The van der Waals surface area contributed by atoms with Gasteiger partial charge in [0.15, 0.2) is 0 Å². The lowest BCUT2D eigenvalue weighted by atomic mass is 10.1. The summed E-state index contributed by atoms with van der Waals surface area (Å²) in [6.07, 6.45) is 2.68. The number of benzene rings is 1. The van der Waals surface area contributed by atoms with Crippen LogP contribution < -0.4 is 5.56 Å². The molecule has 0 amide bonds. The van der Waals surface area contributed by atoms with E-state index in [9.17, 15) is 4.79 Å². The van der Waals surface area contributed by atoms with Gasteiger partial charge in [0.2, 0.25) is 0 Å². The van der Waals surface area contributed by atoms with Gasteiger partial charge in [0.25, 0.3) is 5.56 Å². The van der Waals surface area contributed by atoms with Gasteiger partial charge < -0.3 is 4.57 Å². The molecule has 0 spiro atoms. The van der Waals surface area contributed by atoms with Crippen molar-refractivity contribution in [2.75, 3.05) is 0 Å². The van der Waals surface area contributed by atoms with Crippen LogP contribution in [0.1, 0.15) is 5.56 Å². The molecule has 2 aromatic rings. The van der Waals surface area contributed by atoms with Crippen LogP contribution in [0, 0.1) is 0 Å². The first-order valence-corrected chi connectivity index (χ1v) is 5.95. The molecular weight excluding hydrogens is 266 g/mol. The Bertz CT molecular complexity index is 533. The van der Waals surface area contributed by atoms with E-state index in [0.717, 1.165) is 17.4 Å². The highest BCUT2D eigenvalue weighted by atomic mass is 79.9. The Morgan fingerprint density at radius 3 is 2.75 bits per heavy atom. The molecule has 0 saturated heterocycles. The van der Waals surface area contributed by atoms with E-state index in [0.29, 0.717) is 0 Å². The molecule has 0 aliphatic rings. The molecule has 1 heterocycles. The van der Waals surface area contributed by atoms with Gasteiger partial charge in [0.1, 0.15) is 0 Å². The number of aryl methyl sites for hydroxylation is 2. The van der Waals surface area contributed by atoms with E-state index >= 15 is 0 Å². The summed E-state index contributed by atoms with van der Waals surface area (Å²) in [7, 11) is 0. The molecule has 1 aromatic heterocycles. The summed E-state index contributed by atoms with van der Waals surface area (Å²) in [5, 5.41) is 0. The number of hydrogen-bond donors (Lipinski definition) is 0. The molecule has 0 unspecified atom stereocenters. The van der Waals surface area contributed by atoms with Gasteiger partial charge in [-0.3, -0.25) is 4.79 Å². The fourth-order valence-corrected chi connectivity index (χ4v) is 2.03. The molecule has 0 saturated carbocycles. The maximum Gasteiger partial charge on any atom is 0.250 e. The van der Waals surface area contributed by atoms with Gasteiger partial charge in [-0.15, -0.1) is 0 Å². The number of halogens is 1. The third-order valence-corrected chi connectivity index (χ3v) is 2.92. The normalized spacial score (nSPS) is 10.3. The summed E-state index contributed by atoms with van der Waals surface area (Å²) >= 11 is 3.43. The van der Waals surface area contributed by atoms with Gasteiger partial charge in [0.05, 0.1) is 0 Å². The van der Waals surface area contributed by atoms with Crippen LogP contribution >= 0.6 is 15.9 Å². The third-order valence-electron chi connectivity index (χ3n) is 2.43. The molecule has 0 radical (unpaired) electrons. The highest BCUT2D eigenvalue weighted by molar-refractivity contribution is 9.10. The molecule has 0 fully saturated rings. The molecule has 1 aromatic carbocycles. The standard InChI is InChI=1S/C13H12BrNO/c14-12-5-3-4-11(10-12)7-9-15-8-2-1-6-13(15)16/h1-6,8,10H,7,9H2. The van der Waals surface area contributed by atoms with Crippen LogP contribution in [-0.4, -0.2) is 4.57 Å². The fraction of sp³-hybridized carbons (Fsp3) is 0.154. The predicted molar refractivity (Wildman–Crippen MR) is 68.5 cm³/mol. The van der Waals surface area contributed by atoms with Crippen LogP contribution in [0.3, 0.4) is 0 Å². The SMILES string of the molecule is O=c1ccccn1CCc1cccc(Br)c1. The Kier molecular flexibility index (Phi) is 3.57. The smallest absolute Gasteiger partial charge is 0.250 e. The molecule has 0 N–H and O–H groups in total. The number of nitrogens with zero attached hydrogens (tertiary/aromatic N) is 1. The van der Waals surface area contributed by atoms with Crippen molar-refractivity contribution in [2.45, 2.75) is 13.0 Å². The van der Waals surface area contributed by atoms with Crippen molar-refractivity contribution in [2.24, 2.45) is 0 Å². The Morgan fingerprint density at radius 2 is 2.00 bits per heavy atom. The molecule has 0 bridgehead atoms. The minimum atomic E-state index is 0.0532. The Morgan fingerprint density at radius 1 is 1.12 bits per heavy atom. The van der Waals surface area contributed by atoms with Crippen molar-refractivity contribution < 1.29 is 0 Å². The molecule has 0 atom stereocenters. The van der Waals surface area contributed by atoms with Gasteiger partial charge in [-0.05, 0) is 30.2 Å². The topological polar surface area (TPSA) is 22.0 Å². The lowest BCUT2D eigenvalue weighted by Gasteiger charge is -2.05. The number of pyridine rings is 1. The van der Waals surface area contributed by atoms with Crippen molar-refractivity contribution >= 4 is 15.9 Å². The maximum atomic E-state index is 11.5. The second kappa shape index (κ2) is 5.12. The van der Waals surface area contributed by atoms with Crippen molar-refractivity contribution in [1.29, 1.82) is 0 Å². The van der Waals surface area contributed by atoms with Crippen molar-refractivity contribution in [3.63, 3.8) is 0 Å². The van der Waals surface area contributed by atoms with E-state index in [1.54, 1.807) is 16.7 Å². The highest BCUT2D eigenvalue weighted by Crippen LogP contribution is 2.12. The van der Waals surface area contributed by atoms with Gasteiger partial charge >= 0.3 is 0 Å². The second-order valence-corrected chi connectivity index (χ2v) is 4.53. The molecule has 0 aliphatic carbocycles. The summed E-state index contributed by atoms with van der Waals surface area (Å²) in [6, 6.07) is 13.4. The van der Waals surface area contributed by atoms with Crippen LogP contribution in [0.25, 0.3) is 0 Å². The van der Waals surface area contributed by atoms with E-state index in [1.165, 1.54) is 5.56 Å². The van der Waals surface area contributed by atoms with Gasteiger partial charge in [0, 0.05) is 23.3 Å². The lowest BCUT2D eigenvalue weighted by molar-refractivity contribution is 0.669. The van der Waals surface area contributed by atoms with E-state index < -0.39 is 0 Å². The summed E-state index contributed by atoms with van der Waals surface area (Å²) in [5.74, 6) is 0. The quantitative estimate of drug-likeness (QED) is 0.846. The number of aromatic nitrogens is 1. The largest absolute Gasteiger partial charge is 0.315 e. The molecule has 2 rings (SSSR count). The first kappa shape index (κ1) is 11.1. The van der Waals surface area contributed by atoms with Crippen LogP contribution in [0.2, 0.25) is 0 Å². The minimum absolute atomic E-state index is 0.0532. The highest BCUT2D eigenvalue weighted by Gasteiger charge is 1.96. The molecule has 2 nitrogen and oxygen atoms in total. The zero-order valence-electron chi connectivity index (χ0n) is 8.77. The molecular formula is C13H12BrNO. The Labute approximate surface area is 103 Å². The first-order valence-electron chi connectivity index (χ1n) is 5.15. The predicted octanol–water partition coefficient (Wildman–Crippen LogP) is 2.85. The second-order valence-electron chi connectivity index (χ2n) is 3.61. The number of hydrogen-bond acceptors (Lipinski definition) is 1. The molecule has 3 heteroatoms. The molecule has 82 valence electrons. The summed E-state index contributed by atoms with van der Waals surface area (Å²) in [6.45, 7) is 0.718. The van der Waals surface area contributed by atoms with E-state index in [1.807, 2.05) is 24.4 Å². The zero-order chi connectivity index (χ0) is 11.4. The summed E-state index contributed by atoms with van der Waals surface area (Å²) in [5.41, 5.74) is 1.28. The summed E-state index contributed by atoms with van der Waals surface area (Å²) < 4.78 is 2.80. The van der Waals surface area contributed by atoms with Crippen molar-refractivity contribution in [1.82, 2.24) is 4.57 Å². The number of rotatable bonds is 3. The molecule has 16 heavy (non-hydrogen) atoms. The summed E-state index contributed by atoms with van der Waals surface area (Å²) in [4.78, 5) is 11.5. The van der Waals surface area contributed by atoms with E-state index in [2.05, 4.69) is 28.1 Å². The average Bonchev–Trinajstić information content (AvgIpc) is 2.28. The first-order chi connectivity index (χ1) is 7.75. The van der Waals surface area contributed by atoms with E-state index in [-0.39, 0.29) is 5.56 Å². The van der Waals surface area contributed by atoms with Crippen LogP contribution in [0.5, 0.6) is 0 Å². The average molecular weight is 278 g/mol. The van der Waals surface area contributed by atoms with Gasteiger partial charge in [-0.1, -0.05) is 34.1 Å². The van der Waals surface area contributed by atoms with Crippen molar-refractivity contribution in [3.05, 3.63) is 69.1 Å². The molecule has 0 aliphatic heterocycles.